The lowest BCUT2D eigenvalue weighted by atomic mass is 9.81. The van der Waals surface area contributed by atoms with Crippen molar-refractivity contribution in [3.8, 4) is 44.5 Å². The first-order valence-electron chi connectivity index (χ1n) is 19.7. The summed E-state index contributed by atoms with van der Waals surface area (Å²) in [7, 11) is 0. The molecule has 0 bridgehead atoms. The van der Waals surface area contributed by atoms with Crippen LogP contribution < -0.4 is 4.90 Å². The Hall–Kier alpha value is -6.64. The second kappa shape index (κ2) is 11.9. The SMILES string of the molecule is CC1(C)c2ccccc2-c2ccc(-c3ccccc3N(c3ccc4c(c3)oc3ccccc34)c3ccccc3-c3cccc4c3-c3ccccc3C4(C)C)cc21. The van der Waals surface area contributed by atoms with Gasteiger partial charge in [0, 0.05) is 44.5 Å². The van der Waals surface area contributed by atoms with Gasteiger partial charge in [0.2, 0.25) is 0 Å². The Labute approximate surface area is 328 Å². The van der Waals surface area contributed by atoms with E-state index in [0.29, 0.717) is 0 Å². The van der Waals surface area contributed by atoms with Crippen molar-refractivity contribution < 1.29 is 4.42 Å². The van der Waals surface area contributed by atoms with Crippen molar-refractivity contribution in [1.29, 1.82) is 0 Å². The van der Waals surface area contributed by atoms with Crippen molar-refractivity contribution >= 4 is 39.0 Å². The number of fused-ring (bicyclic) bond motifs is 9. The van der Waals surface area contributed by atoms with Gasteiger partial charge in [-0.3, -0.25) is 0 Å². The van der Waals surface area contributed by atoms with Gasteiger partial charge in [-0.2, -0.15) is 0 Å². The van der Waals surface area contributed by atoms with Crippen LogP contribution in [0.15, 0.2) is 180 Å². The highest BCUT2D eigenvalue weighted by Crippen LogP contribution is 2.55. The fourth-order valence-corrected chi connectivity index (χ4v) is 9.92. The molecule has 0 saturated heterocycles. The molecule has 0 fully saturated rings. The summed E-state index contributed by atoms with van der Waals surface area (Å²) >= 11 is 0. The van der Waals surface area contributed by atoms with Gasteiger partial charge in [-0.15, -0.1) is 0 Å². The number of anilines is 3. The lowest BCUT2D eigenvalue weighted by Gasteiger charge is -2.30. The maximum atomic E-state index is 6.54. The first-order chi connectivity index (χ1) is 27.3. The van der Waals surface area contributed by atoms with Crippen LogP contribution in [0.25, 0.3) is 66.4 Å². The van der Waals surface area contributed by atoms with Gasteiger partial charge in [0.15, 0.2) is 0 Å². The number of furan rings is 1. The third-order valence-electron chi connectivity index (χ3n) is 12.7. The van der Waals surface area contributed by atoms with Gasteiger partial charge in [0.1, 0.15) is 11.2 Å². The van der Waals surface area contributed by atoms with Gasteiger partial charge in [-0.1, -0.05) is 161 Å². The van der Waals surface area contributed by atoms with Crippen LogP contribution in [0, 0.1) is 0 Å². The average Bonchev–Trinajstić information content (AvgIpc) is 3.81. The third-order valence-corrected chi connectivity index (χ3v) is 12.7. The zero-order valence-corrected chi connectivity index (χ0v) is 32.1. The van der Waals surface area contributed by atoms with Crippen LogP contribution in [-0.4, -0.2) is 0 Å². The van der Waals surface area contributed by atoms with E-state index < -0.39 is 0 Å². The first kappa shape index (κ1) is 32.8. The van der Waals surface area contributed by atoms with E-state index in [-0.39, 0.29) is 10.8 Å². The number of nitrogens with zero attached hydrogens (tertiary/aromatic N) is 1. The van der Waals surface area contributed by atoms with Crippen molar-refractivity contribution in [2.45, 2.75) is 38.5 Å². The van der Waals surface area contributed by atoms with Crippen LogP contribution in [0.3, 0.4) is 0 Å². The van der Waals surface area contributed by atoms with Crippen LogP contribution in [0.2, 0.25) is 0 Å². The fraction of sp³-hybridized carbons (Fsp3) is 0.111. The van der Waals surface area contributed by atoms with Gasteiger partial charge in [0.25, 0.3) is 0 Å². The quantitative estimate of drug-likeness (QED) is 0.176. The molecule has 2 nitrogen and oxygen atoms in total. The Bertz CT molecular complexity index is 3050. The summed E-state index contributed by atoms with van der Waals surface area (Å²) in [5.41, 5.74) is 20.4. The van der Waals surface area contributed by atoms with Crippen LogP contribution in [0.5, 0.6) is 0 Å². The van der Waals surface area contributed by atoms with Crippen LogP contribution >= 0.6 is 0 Å². The summed E-state index contributed by atoms with van der Waals surface area (Å²) in [6, 6.07) is 64.6. The molecule has 56 heavy (non-hydrogen) atoms. The van der Waals surface area contributed by atoms with E-state index in [9.17, 15) is 0 Å². The molecule has 8 aromatic carbocycles. The topological polar surface area (TPSA) is 16.4 Å². The van der Waals surface area contributed by atoms with Crippen molar-refractivity contribution in [2.75, 3.05) is 4.90 Å². The van der Waals surface area contributed by atoms with Crippen LogP contribution in [0.1, 0.15) is 49.9 Å². The summed E-state index contributed by atoms with van der Waals surface area (Å²) in [4.78, 5) is 2.45. The minimum absolute atomic E-state index is 0.101. The Kier molecular flexibility index (Phi) is 6.98. The average molecular weight is 720 g/mol. The van der Waals surface area contributed by atoms with Crippen LogP contribution in [-0.2, 0) is 10.8 Å². The van der Waals surface area contributed by atoms with E-state index >= 15 is 0 Å². The maximum Gasteiger partial charge on any atom is 0.137 e. The summed E-state index contributed by atoms with van der Waals surface area (Å²) in [5, 5.41) is 2.25. The molecule has 1 aromatic heterocycles. The number of hydrogen-bond donors (Lipinski definition) is 0. The lowest BCUT2D eigenvalue weighted by Crippen LogP contribution is -2.15. The molecular weight excluding hydrogens is 679 g/mol. The van der Waals surface area contributed by atoms with Crippen molar-refractivity contribution in [3.63, 3.8) is 0 Å². The first-order valence-corrected chi connectivity index (χ1v) is 19.7. The highest BCUT2D eigenvalue weighted by Gasteiger charge is 2.38. The second-order valence-electron chi connectivity index (χ2n) is 16.5. The predicted molar refractivity (Wildman–Crippen MR) is 234 cm³/mol. The van der Waals surface area contributed by atoms with Gasteiger partial charge in [0.05, 0.1) is 11.4 Å². The minimum atomic E-state index is -0.104. The molecule has 2 heteroatoms. The fourth-order valence-electron chi connectivity index (χ4n) is 9.92. The molecule has 0 spiro atoms. The Morgan fingerprint density at radius 2 is 0.929 bits per heavy atom. The van der Waals surface area contributed by atoms with Crippen molar-refractivity contribution in [2.24, 2.45) is 0 Å². The zero-order valence-electron chi connectivity index (χ0n) is 32.1. The Morgan fingerprint density at radius 1 is 0.375 bits per heavy atom. The molecule has 9 aromatic rings. The van der Waals surface area contributed by atoms with E-state index in [1.54, 1.807) is 0 Å². The molecule has 0 aliphatic heterocycles. The summed E-state index contributed by atoms with van der Waals surface area (Å²) in [5.74, 6) is 0. The molecule has 0 radical (unpaired) electrons. The van der Waals surface area contributed by atoms with E-state index in [0.717, 1.165) is 39.0 Å². The van der Waals surface area contributed by atoms with E-state index in [1.165, 1.54) is 66.8 Å². The molecule has 2 aliphatic carbocycles. The van der Waals surface area contributed by atoms with E-state index in [1.807, 2.05) is 6.07 Å². The van der Waals surface area contributed by atoms with Crippen molar-refractivity contribution in [1.82, 2.24) is 0 Å². The number of rotatable bonds is 5. The molecule has 2 aliphatic rings. The van der Waals surface area contributed by atoms with Crippen LogP contribution in [0.4, 0.5) is 17.1 Å². The molecule has 0 saturated carbocycles. The van der Waals surface area contributed by atoms with E-state index in [2.05, 4.69) is 202 Å². The summed E-state index contributed by atoms with van der Waals surface area (Å²) in [6.07, 6.45) is 0. The van der Waals surface area contributed by atoms with Crippen molar-refractivity contribution in [3.05, 3.63) is 198 Å². The monoisotopic (exact) mass is 719 g/mol. The molecule has 1 heterocycles. The molecule has 0 N–H and O–H groups in total. The molecule has 11 rings (SSSR count). The largest absolute Gasteiger partial charge is 0.456 e. The van der Waals surface area contributed by atoms with Gasteiger partial charge >= 0.3 is 0 Å². The number of hydrogen-bond acceptors (Lipinski definition) is 2. The highest BCUT2D eigenvalue weighted by atomic mass is 16.3. The van der Waals surface area contributed by atoms with Gasteiger partial charge in [-0.25, -0.2) is 0 Å². The summed E-state index contributed by atoms with van der Waals surface area (Å²) in [6.45, 7) is 9.43. The van der Waals surface area contributed by atoms with E-state index in [4.69, 9.17) is 4.42 Å². The standard InChI is InChI=1S/C54H41NO/c1-53(2)45-23-11-6-20-43(45)52-42(21-15-24-46(52)53)39-18-8-13-26-49(39)55(35-29-31-41-40-19-9-14-27-50(40)56-51(41)33-35)48-25-12-7-16-36(48)34-28-30-38-37-17-5-10-22-44(37)54(3,4)47(38)32-34/h5-33H,1-4H3. The predicted octanol–water partition coefficient (Wildman–Crippen LogP) is 15.0. The summed E-state index contributed by atoms with van der Waals surface area (Å²) < 4.78 is 6.54. The Balaban J connectivity index is 1.16. The minimum Gasteiger partial charge on any atom is -0.456 e. The van der Waals surface area contributed by atoms with Gasteiger partial charge in [-0.05, 0) is 92.0 Å². The smallest absolute Gasteiger partial charge is 0.137 e. The normalized spacial score (nSPS) is 14.4. The molecule has 268 valence electrons. The lowest BCUT2D eigenvalue weighted by molar-refractivity contribution is 0.660. The molecule has 0 amide bonds. The number of benzene rings is 8. The highest BCUT2D eigenvalue weighted by molar-refractivity contribution is 6.07. The zero-order chi connectivity index (χ0) is 37.8. The molecule has 0 unspecified atom stereocenters. The second-order valence-corrected chi connectivity index (χ2v) is 16.5. The maximum absolute atomic E-state index is 6.54. The van der Waals surface area contributed by atoms with Gasteiger partial charge < -0.3 is 9.32 Å². The third kappa shape index (κ3) is 4.62. The Morgan fingerprint density at radius 3 is 1.73 bits per heavy atom. The molecular formula is C54H41NO. The molecule has 0 atom stereocenters. The number of para-hydroxylation sites is 3.